The molecule has 2 aromatic heterocycles. The highest BCUT2D eigenvalue weighted by Gasteiger charge is 2.11. The molecule has 0 aliphatic carbocycles. The van der Waals surface area contributed by atoms with Gasteiger partial charge in [-0.15, -0.1) is 0 Å². The Labute approximate surface area is 108 Å². The van der Waals surface area contributed by atoms with Crippen molar-refractivity contribution in [2.45, 2.75) is 19.9 Å². The monoisotopic (exact) mass is 264 g/mol. The molecule has 2 amide bonds. The van der Waals surface area contributed by atoms with E-state index in [-0.39, 0.29) is 12.1 Å². The van der Waals surface area contributed by atoms with Gasteiger partial charge in [0.05, 0.1) is 11.7 Å². The average molecular weight is 264 g/mol. The summed E-state index contributed by atoms with van der Waals surface area (Å²) in [5, 5.41) is 5.84. The molecule has 2 aromatic rings. The van der Waals surface area contributed by atoms with Gasteiger partial charge in [-0.1, -0.05) is 0 Å². The number of aromatic nitrogens is 4. The van der Waals surface area contributed by atoms with E-state index >= 15 is 0 Å². The third kappa shape index (κ3) is 3.20. The summed E-state index contributed by atoms with van der Waals surface area (Å²) in [7, 11) is 0. The van der Waals surface area contributed by atoms with Crippen LogP contribution in [0.5, 0.6) is 0 Å². The van der Waals surface area contributed by atoms with Gasteiger partial charge in [0.1, 0.15) is 12.2 Å². The molecule has 0 saturated carbocycles. The van der Waals surface area contributed by atoms with Crippen LogP contribution in [0.2, 0.25) is 0 Å². The highest BCUT2D eigenvalue weighted by Crippen LogP contribution is 2.11. The van der Waals surface area contributed by atoms with E-state index in [2.05, 4.69) is 30.0 Å². The van der Waals surface area contributed by atoms with Gasteiger partial charge < -0.3 is 5.32 Å². The first kappa shape index (κ1) is 12.4. The molecule has 1 atom stereocenters. The van der Waals surface area contributed by atoms with Crippen molar-refractivity contribution in [2.75, 3.05) is 5.32 Å². The number of hydrogen-bond acceptors (Lipinski definition) is 6. The summed E-state index contributed by atoms with van der Waals surface area (Å²) in [6, 6.07) is 1.21. The topological polar surface area (TPSA) is 92.7 Å². The SMILES string of the molecule is Cc1nsc(NC(=O)N[C@@H](C)c2ccncn2)n1. The Morgan fingerprint density at radius 3 is 2.94 bits per heavy atom. The molecule has 0 aromatic carbocycles. The lowest BCUT2D eigenvalue weighted by Crippen LogP contribution is -2.31. The van der Waals surface area contributed by atoms with Crippen LogP contribution in [-0.4, -0.2) is 25.4 Å². The third-order valence-electron chi connectivity index (χ3n) is 2.14. The van der Waals surface area contributed by atoms with Crippen LogP contribution in [0.3, 0.4) is 0 Å². The Morgan fingerprint density at radius 2 is 2.33 bits per heavy atom. The number of rotatable bonds is 3. The van der Waals surface area contributed by atoms with Crippen molar-refractivity contribution in [3.63, 3.8) is 0 Å². The molecule has 2 rings (SSSR count). The van der Waals surface area contributed by atoms with E-state index < -0.39 is 0 Å². The van der Waals surface area contributed by atoms with E-state index in [4.69, 9.17) is 0 Å². The van der Waals surface area contributed by atoms with Gasteiger partial charge in [0.2, 0.25) is 5.13 Å². The number of carbonyl (C=O) groups excluding carboxylic acids is 1. The lowest BCUT2D eigenvalue weighted by Gasteiger charge is -2.12. The summed E-state index contributed by atoms with van der Waals surface area (Å²) in [4.78, 5) is 23.6. The van der Waals surface area contributed by atoms with Crippen molar-refractivity contribution in [3.8, 4) is 0 Å². The van der Waals surface area contributed by atoms with Crippen molar-refractivity contribution in [2.24, 2.45) is 0 Å². The zero-order valence-electron chi connectivity index (χ0n) is 9.91. The first-order valence-corrected chi connectivity index (χ1v) is 6.06. The van der Waals surface area contributed by atoms with E-state index in [1.807, 2.05) is 6.92 Å². The van der Waals surface area contributed by atoms with Crippen LogP contribution < -0.4 is 10.6 Å². The van der Waals surface area contributed by atoms with Gasteiger partial charge in [-0.05, 0) is 19.9 Å². The lowest BCUT2D eigenvalue weighted by atomic mass is 10.2. The summed E-state index contributed by atoms with van der Waals surface area (Å²) in [6.07, 6.45) is 3.08. The number of nitrogens with one attached hydrogen (secondary N) is 2. The second-order valence-corrected chi connectivity index (χ2v) is 4.35. The first-order chi connectivity index (χ1) is 8.65. The Kier molecular flexibility index (Phi) is 3.78. The molecule has 0 spiro atoms. The molecule has 0 radical (unpaired) electrons. The molecule has 2 heterocycles. The van der Waals surface area contributed by atoms with Crippen LogP contribution in [0.25, 0.3) is 0 Å². The normalized spacial score (nSPS) is 11.9. The quantitative estimate of drug-likeness (QED) is 0.876. The number of carbonyl (C=O) groups is 1. The Bertz CT molecular complexity index is 528. The molecular weight excluding hydrogens is 252 g/mol. The van der Waals surface area contributed by atoms with Gasteiger partial charge in [-0.2, -0.15) is 4.37 Å². The number of amides is 2. The zero-order chi connectivity index (χ0) is 13.0. The van der Waals surface area contributed by atoms with Gasteiger partial charge in [0.25, 0.3) is 0 Å². The minimum absolute atomic E-state index is 0.206. The summed E-state index contributed by atoms with van der Waals surface area (Å²) >= 11 is 1.14. The summed E-state index contributed by atoms with van der Waals surface area (Å²) < 4.78 is 3.97. The molecule has 18 heavy (non-hydrogen) atoms. The fourth-order valence-corrected chi connectivity index (χ4v) is 1.88. The zero-order valence-corrected chi connectivity index (χ0v) is 10.7. The van der Waals surface area contributed by atoms with E-state index in [0.29, 0.717) is 11.0 Å². The molecule has 0 fully saturated rings. The maximum absolute atomic E-state index is 11.7. The van der Waals surface area contributed by atoms with Crippen molar-refractivity contribution in [1.82, 2.24) is 24.6 Å². The second kappa shape index (κ2) is 5.50. The van der Waals surface area contributed by atoms with Crippen LogP contribution >= 0.6 is 11.5 Å². The van der Waals surface area contributed by atoms with Crippen LogP contribution in [0.15, 0.2) is 18.6 Å². The minimum atomic E-state index is -0.336. The molecule has 0 aliphatic heterocycles. The minimum Gasteiger partial charge on any atom is -0.330 e. The van der Waals surface area contributed by atoms with E-state index in [1.54, 1.807) is 19.2 Å². The Balaban J connectivity index is 1.92. The number of nitrogens with zero attached hydrogens (tertiary/aromatic N) is 4. The van der Waals surface area contributed by atoms with E-state index in [9.17, 15) is 4.79 Å². The number of aryl methyl sites for hydroxylation is 1. The second-order valence-electron chi connectivity index (χ2n) is 3.60. The number of urea groups is 1. The molecule has 0 aliphatic rings. The molecule has 8 heteroatoms. The molecule has 0 bridgehead atoms. The molecule has 0 saturated heterocycles. The third-order valence-corrected chi connectivity index (χ3v) is 2.87. The standard InChI is InChI=1S/C10H12N6OS/c1-6(8-3-4-11-5-12-8)13-9(17)15-10-14-7(2)16-18-10/h3-6H,1-2H3,(H2,13,14,15,16,17)/t6-/m0/s1. The lowest BCUT2D eigenvalue weighted by molar-refractivity contribution is 0.249. The predicted molar refractivity (Wildman–Crippen MR) is 67.2 cm³/mol. The highest BCUT2D eigenvalue weighted by molar-refractivity contribution is 7.09. The predicted octanol–water partition coefficient (Wildman–Crippen LogP) is 1.52. The van der Waals surface area contributed by atoms with Crippen LogP contribution in [0, 0.1) is 6.92 Å². The maximum atomic E-state index is 11.7. The fourth-order valence-electron chi connectivity index (χ4n) is 1.31. The van der Waals surface area contributed by atoms with Crippen LogP contribution in [-0.2, 0) is 0 Å². The van der Waals surface area contributed by atoms with Crippen LogP contribution in [0.4, 0.5) is 9.93 Å². The van der Waals surface area contributed by atoms with Crippen molar-refractivity contribution in [3.05, 3.63) is 30.1 Å². The maximum Gasteiger partial charge on any atom is 0.321 e. The molecular formula is C10H12N6OS. The Morgan fingerprint density at radius 1 is 1.50 bits per heavy atom. The average Bonchev–Trinajstić information content (AvgIpc) is 2.75. The summed E-state index contributed by atoms with van der Waals surface area (Å²) in [5.74, 6) is 0.638. The van der Waals surface area contributed by atoms with Crippen molar-refractivity contribution < 1.29 is 4.79 Å². The smallest absolute Gasteiger partial charge is 0.321 e. The van der Waals surface area contributed by atoms with Crippen molar-refractivity contribution >= 4 is 22.7 Å². The summed E-state index contributed by atoms with van der Waals surface area (Å²) in [5.41, 5.74) is 0.744. The highest BCUT2D eigenvalue weighted by atomic mass is 32.1. The molecule has 94 valence electrons. The van der Waals surface area contributed by atoms with E-state index in [0.717, 1.165) is 17.2 Å². The largest absolute Gasteiger partial charge is 0.330 e. The van der Waals surface area contributed by atoms with Gasteiger partial charge in [0.15, 0.2) is 0 Å². The fraction of sp³-hybridized carbons (Fsp3) is 0.300. The molecule has 0 unspecified atom stereocenters. The number of anilines is 1. The van der Waals surface area contributed by atoms with E-state index in [1.165, 1.54) is 6.33 Å². The first-order valence-electron chi connectivity index (χ1n) is 5.29. The van der Waals surface area contributed by atoms with Crippen LogP contribution in [0.1, 0.15) is 24.5 Å². The Hall–Kier alpha value is -2.09. The van der Waals surface area contributed by atoms with Crippen molar-refractivity contribution in [1.29, 1.82) is 0 Å². The van der Waals surface area contributed by atoms with Gasteiger partial charge >= 0.3 is 6.03 Å². The molecule has 7 nitrogen and oxygen atoms in total. The van der Waals surface area contributed by atoms with Gasteiger partial charge in [-0.25, -0.2) is 19.7 Å². The van der Waals surface area contributed by atoms with Gasteiger partial charge in [-0.3, -0.25) is 5.32 Å². The summed E-state index contributed by atoms with van der Waals surface area (Å²) in [6.45, 7) is 3.61. The van der Waals surface area contributed by atoms with Gasteiger partial charge in [0, 0.05) is 17.7 Å². The number of hydrogen-bond donors (Lipinski definition) is 2. The molecule has 2 N–H and O–H groups in total.